The van der Waals surface area contributed by atoms with Crippen LogP contribution in [0.3, 0.4) is 0 Å². The number of hydrogen-bond donors (Lipinski definition) is 0. The van der Waals surface area contributed by atoms with E-state index in [0.29, 0.717) is 0 Å². The Morgan fingerprint density at radius 2 is 0.938 bits per heavy atom. The highest BCUT2D eigenvalue weighted by Crippen LogP contribution is 1.96. The van der Waals surface area contributed by atoms with Crippen LogP contribution in [0.15, 0.2) is 24.3 Å². The SMILES string of the molecule is C[Si](C)(C)C#CC=CC=CC#C[Si](C)(C)C. The van der Waals surface area contributed by atoms with E-state index in [4.69, 9.17) is 0 Å². The third-order valence-electron chi connectivity index (χ3n) is 1.36. The first-order valence-corrected chi connectivity index (χ1v) is 12.6. The van der Waals surface area contributed by atoms with Crippen molar-refractivity contribution in [3.63, 3.8) is 0 Å². The quantitative estimate of drug-likeness (QED) is 0.374. The average Bonchev–Trinajstić information content (AvgIpc) is 2.06. The van der Waals surface area contributed by atoms with E-state index in [2.05, 4.69) is 62.2 Å². The fourth-order valence-electron chi connectivity index (χ4n) is 0.724. The Morgan fingerprint density at radius 3 is 1.19 bits per heavy atom. The predicted octanol–water partition coefficient (Wildman–Crippen LogP) is 3.86. The number of allylic oxidation sites excluding steroid dienone is 4. The van der Waals surface area contributed by atoms with Gasteiger partial charge in [0.2, 0.25) is 0 Å². The van der Waals surface area contributed by atoms with Crippen molar-refractivity contribution in [2.45, 2.75) is 39.3 Å². The van der Waals surface area contributed by atoms with Crippen LogP contribution in [0.25, 0.3) is 0 Å². The molecule has 0 bridgehead atoms. The minimum Gasteiger partial charge on any atom is -0.127 e. The Hall–Kier alpha value is -0.966. The molecule has 0 radical (unpaired) electrons. The van der Waals surface area contributed by atoms with E-state index in [9.17, 15) is 0 Å². The van der Waals surface area contributed by atoms with Gasteiger partial charge in [-0.3, -0.25) is 0 Å². The van der Waals surface area contributed by atoms with Gasteiger partial charge in [0, 0.05) is 0 Å². The van der Waals surface area contributed by atoms with E-state index in [0.717, 1.165) is 0 Å². The summed E-state index contributed by atoms with van der Waals surface area (Å²) in [6.07, 6.45) is 7.69. The molecule has 0 atom stereocenters. The van der Waals surface area contributed by atoms with E-state index < -0.39 is 16.1 Å². The van der Waals surface area contributed by atoms with E-state index in [-0.39, 0.29) is 0 Å². The van der Waals surface area contributed by atoms with E-state index in [1.54, 1.807) is 0 Å². The maximum absolute atomic E-state index is 3.28. The zero-order valence-electron chi connectivity index (χ0n) is 11.3. The second kappa shape index (κ2) is 6.58. The van der Waals surface area contributed by atoms with Crippen LogP contribution < -0.4 is 0 Å². The van der Waals surface area contributed by atoms with Crippen molar-refractivity contribution in [3.8, 4) is 22.9 Å². The van der Waals surface area contributed by atoms with Gasteiger partial charge in [0.1, 0.15) is 16.1 Å². The molecule has 0 spiro atoms. The molecule has 0 amide bonds. The third-order valence-corrected chi connectivity index (χ3v) is 3.15. The first kappa shape index (κ1) is 15.0. The highest BCUT2D eigenvalue weighted by Gasteiger charge is 2.06. The Kier molecular flexibility index (Phi) is 6.18. The van der Waals surface area contributed by atoms with Gasteiger partial charge in [-0.25, -0.2) is 0 Å². The van der Waals surface area contributed by atoms with Crippen LogP contribution >= 0.6 is 0 Å². The summed E-state index contributed by atoms with van der Waals surface area (Å²) in [5, 5.41) is 0. The summed E-state index contributed by atoms with van der Waals surface area (Å²) >= 11 is 0. The van der Waals surface area contributed by atoms with Gasteiger partial charge >= 0.3 is 0 Å². The lowest BCUT2D eigenvalue weighted by molar-refractivity contribution is 1.81. The summed E-state index contributed by atoms with van der Waals surface area (Å²) in [7, 11) is -2.43. The minimum absolute atomic E-state index is 1.22. The highest BCUT2D eigenvalue weighted by atomic mass is 28.3. The largest absolute Gasteiger partial charge is 0.129 e. The molecule has 0 aromatic rings. The van der Waals surface area contributed by atoms with Gasteiger partial charge in [-0.05, 0) is 12.2 Å². The van der Waals surface area contributed by atoms with E-state index >= 15 is 0 Å². The molecule has 16 heavy (non-hydrogen) atoms. The molecule has 86 valence electrons. The minimum atomic E-state index is -1.22. The van der Waals surface area contributed by atoms with Gasteiger partial charge in [0.15, 0.2) is 0 Å². The first-order chi connectivity index (χ1) is 7.21. The molecule has 0 saturated heterocycles. The molecule has 0 aliphatic rings. The predicted molar refractivity (Wildman–Crippen MR) is 80.5 cm³/mol. The summed E-state index contributed by atoms with van der Waals surface area (Å²) < 4.78 is 0. The van der Waals surface area contributed by atoms with Gasteiger partial charge in [0.05, 0.1) is 0 Å². The molecule has 2 heteroatoms. The molecular formula is C14H22Si2. The molecule has 0 rings (SSSR count). The van der Waals surface area contributed by atoms with Crippen molar-refractivity contribution in [1.82, 2.24) is 0 Å². The molecule has 0 aromatic heterocycles. The molecule has 0 unspecified atom stereocenters. The summed E-state index contributed by atoms with van der Waals surface area (Å²) in [4.78, 5) is 0. The van der Waals surface area contributed by atoms with Crippen molar-refractivity contribution in [2.75, 3.05) is 0 Å². The normalized spacial score (nSPS) is 12.1. The zero-order chi connectivity index (χ0) is 12.7. The standard InChI is InChI=1S/C14H22Si2/c1-15(2,3)13-11-9-7-8-10-12-14-16(4,5)6/h7-10H,1-6H3. The van der Waals surface area contributed by atoms with Crippen LogP contribution in [0, 0.1) is 22.9 Å². The Morgan fingerprint density at radius 1 is 0.625 bits per heavy atom. The Bertz CT molecular complexity index is 339. The van der Waals surface area contributed by atoms with E-state index in [1.807, 2.05) is 24.3 Å². The molecule has 0 nitrogen and oxygen atoms in total. The number of rotatable bonds is 1. The summed E-state index contributed by atoms with van der Waals surface area (Å²) in [6.45, 7) is 13.4. The van der Waals surface area contributed by atoms with Crippen LogP contribution in [0.4, 0.5) is 0 Å². The topological polar surface area (TPSA) is 0 Å². The molecular weight excluding hydrogens is 224 g/mol. The molecule has 0 heterocycles. The van der Waals surface area contributed by atoms with Crippen LogP contribution in [0.1, 0.15) is 0 Å². The lowest BCUT2D eigenvalue weighted by atomic mass is 10.4. The Labute approximate surface area is 103 Å². The highest BCUT2D eigenvalue weighted by molar-refractivity contribution is 6.84. The van der Waals surface area contributed by atoms with Crippen molar-refractivity contribution < 1.29 is 0 Å². The fraction of sp³-hybridized carbons (Fsp3) is 0.429. The lowest BCUT2D eigenvalue weighted by Crippen LogP contribution is -2.16. The van der Waals surface area contributed by atoms with Gasteiger partial charge in [-0.1, -0.05) is 63.3 Å². The van der Waals surface area contributed by atoms with Crippen LogP contribution in [-0.2, 0) is 0 Å². The molecule has 0 fully saturated rings. The maximum Gasteiger partial charge on any atom is 0.129 e. The van der Waals surface area contributed by atoms with Crippen molar-refractivity contribution in [3.05, 3.63) is 24.3 Å². The van der Waals surface area contributed by atoms with Gasteiger partial charge in [0.25, 0.3) is 0 Å². The molecule has 0 saturated carbocycles. The second-order valence-corrected chi connectivity index (χ2v) is 15.3. The summed E-state index contributed by atoms with van der Waals surface area (Å²) in [6, 6.07) is 0. The zero-order valence-corrected chi connectivity index (χ0v) is 13.3. The van der Waals surface area contributed by atoms with Crippen LogP contribution in [0.2, 0.25) is 39.3 Å². The molecule has 0 aliphatic carbocycles. The lowest BCUT2D eigenvalue weighted by Gasteiger charge is -2.02. The monoisotopic (exact) mass is 246 g/mol. The first-order valence-electron chi connectivity index (χ1n) is 5.58. The second-order valence-electron chi connectivity index (χ2n) is 5.76. The third kappa shape index (κ3) is 13.0. The summed E-state index contributed by atoms with van der Waals surface area (Å²) in [5.41, 5.74) is 6.55. The maximum atomic E-state index is 3.28. The fourth-order valence-corrected chi connectivity index (χ4v) is 1.76. The smallest absolute Gasteiger partial charge is 0.127 e. The molecule has 0 aliphatic heterocycles. The van der Waals surface area contributed by atoms with Crippen LogP contribution in [0.5, 0.6) is 0 Å². The van der Waals surface area contributed by atoms with Gasteiger partial charge in [-0.15, -0.1) is 11.1 Å². The van der Waals surface area contributed by atoms with Crippen molar-refractivity contribution in [1.29, 1.82) is 0 Å². The summed E-state index contributed by atoms with van der Waals surface area (Å²) in [5.74, 6) is 6.15. The van der Waals surface area contributed by atoms with Crippen molar-refractivity contribution >= 4 is 16.1 Å². The molecule has 0 aromatic carbocycles. The van der Waals surface area contributed by atoms with Crippen LogP contribution in [-0.4, -0.2) is 16.1 Å². The van der Waals surface area contributed by atoms with Crippen molar-refractivity contribution in [2.24, 2.45) is 0 Å². The van der Waals surface area contributed by atoms with E-state index in [1.165, 1.54) is 0 Å². The van der Waals surface area contributed by atoms with Gasteiger partial charge < -0.3 is 0 Å². The number of hydrogen-bond acceptors (Lipinski definition) is 0. The Balaban J connectivity index is 4.15. The van der Waals surface area contributed by atoms with Gasteiger partial charge in [-0.2, -0.15) is 0 Å². The average molecular weight is 247 g/mol. The molecule has 0 N–H and O–H groups in total.